The number of nitrogens with two attached hydrogens (primary N) is 1. The molecule has 0 saturated carbocycles. The zero-order valence-electron chi connectivity index (χ0n) is 7.72. The lowest BCUT2D eigenvalue weighted by Gasteiger charge is -2.44. The van der Waals surface area contributed by atoms with E-state index in [1.54, 1.807) is 20.8 Å². The van der Waals surface area contributed by atoms with E-state index in [1.807, 2.05) is 0 Å². The molecule has 2 N–H and O–H groups in total. The molecule has 1 amide bonds. The molecule has 0 radical (unpaired) electrons. The Morgan fingerprint density at radius 1 is 1.25 bits per heavy atom. The van der Waals surface area contributed by atoms with Gasteiger partial charge in [0.1, 0.15) is 5.60 Å². The molecule has 0 aliphatic carbocycles. The Morgan fingerprint density at radius 3 is 2.08 bits per heavy atom. The maximum Gasteiger partial charge on any atom is 0.252 e. The fourth-order valence-electron chi connectivity index (χ4n) is 1.22. The lowest BCUT2D eigenvalue weighted by Crippen LogP contribution is -2.62. The molecule has 1 fully saturated rings. The summed E-state index contributed by atoms with van der Waals surface area (Å²) in [4.78, 5) is 11.1. The lowest BCUT2D eigenvalue weighted by atomic mass is 9.85. The number of ether oxygens (including phenoxy) is 2. The number of amides is 1. The molecule has 1 rings (SSSR count). The second-order valence-corrected chi connectivity index (χ2v) is 3.60. The predicted octanol–water partition coefficient (Wildman–Crippen LogP) is 0.0558. The molecule has 0 aromatic carbocycles. The van der Waals surface area contributed by atoms with Crippen LogP contribution in [0.15, 0.2) is 0 Å². The number of hydrogen-bond acceptors (Lipinski definition) is 3. The summed E-state index contributed by atoms with van der Waals surface area (Å²) in [6, 6.07) is 0. The predicted molar refractivity (Wildman–Crippen MR) is 43.6 cm³/mol. The Hall–Kier alpha value is -0.610. The molecular formula is C8H15NO3. The molecule has 0 aromatic rings. The second-order valence-electron chi connectivity index (χ2n) is 3.60. The molecule has 1 saturated heterocycles. The molecule has 0 spiro atoms. The fraction of sp³-hybridized carbons (Fsp3) is 0.875. The van der Waals surface area contributed by atoms with Crippen molar-refractivity contribution in [3.63, 3.8) is 0 Å². The van der Waals surface area contributed by atoms with Crippen molar-refractivity contribution in [1.82, 2.24) is 0 Å². The van der Waals surface area contributed by atoms with Crippen LogP contribution in [0.5, 0.6) is 0 Å². The van der Waals surface area contributed by atoms with Crippen LogP contribution in [-0.4, -0.2) is 30.3 Å². The normalized spacial score (nSPS) is 34.6. The number of primary amides is 1. The lowest BCUT2D eigenvalue weighted by molar-refractivity contribution is -0.231. The van der Waals surface area contributed by atoms with Gasteiger partial charge in [-0.15, -0.1) is 0 Å². The number of carbonyl (C=O) groups excluding carboxylic acids is 1. The van der Waals surface area contributed by atoms with E-state index in [4.69, 9.17) is 15.2 Å². The molecule has 0 aromatic heterocycles. The maximum atomic E-state index is 11.1. The molecule has 1 heterocycles. The summed E-state index contributed by atoms with van der Waals surface area (Å²) in [5, 5.41) is 0. The van der Waals surface area contributed by atoms with Gasteiger partial charge in [-0.3, -0.25) is 4.79 Å². The SMILES string of the molecule is CC1(C)OCCOC1(C)C(N)=O. The van der Waals surface area contributed by atoms with Gasteiger partial charge in [0.15, 0.2) is 5.60 Å². The minimum atomic E-state index is -1.01. The Morgan fingerprint density at radius 2 is 1.75 bits per heavy atom. The van der Waals surface area contributed by atoms with Gasteiger partial charge in [0.25, 0.3) is 5.91 Å². The minimum Gasteiger partial charge on any atom is -0.370 e. The van der Waals surface area contributed by atoms with Gasteiger partial charge in [-0.05, 0) is 20.8 Å². The monoisotopic (exact) mass is 173 g/mol. The van der Waals surface area contributed by atoms with Gasteiger partial charge in [0.05, 0.1) is 13.2 Å². The summed E-state index contributed by atoms with van der Waals surface area (Å²) >= 11 is 0. The number of carbonyl (C=O) groups is 1. The van der Waals surface area contributed by atoms with E-state index in [1.165, 1.54) is 0 Å². The summed E-state index contributed by atoms with van der Waals surface area (Å²) in [5.41, 5.74) is 3.58. The van der Waals surface area contributed by atoms with Gasteiger partial charge in [-0.25, -0.2) is 0 Å². The summed E-state index contributed by atoms with van der Waals surface area (Å²) in [7, 11) is 0. The van der Waals surface area contributed by atoms with Gasteiger partial charge in [0, 0.05) is 0 Å². The van der Waals surface area contributed by atoms with Crippen molar-refractivity contribution in [3.05, 3.63) is 0 Å². The Balaban J connectivity index is 2.91. The van der Waals surface area contributed by atoms with Crippen LogP contribution < -0.4 is 5.73 Å². The Kier molecular flexibility index (Phi) is 2.14. The average molecular weight is 173 g/mol. The molecule has 4 nitrogen and oxygen atoms in total. The quantitative estimate of drug-likeness (QED) is 0.609. The first-order valence-corrected chi connectivity index (χ1v) is 3.98. The fourth-order valence-corrected chi connectivity index (χ4v) is 1.22. The third-order valence-corrected chi connectivity index (χ3v) is 2.56. The van der Waals surface area contributed by atoms with Gasteiger partial charge < -0.3 is 15.2 Å². The van der Waals surface area contributed by atoms with Crippen LogP contribution in [0.1, 0.15) is 20.8 Å². The second kappa shape index (κ2) is 2.71. The average Bonchev–Trinajstić information content (AvgIpc) is 1.95. The Labute approximate surface area is 72.0 Å². The topological polar surface area (TPSA) is 61.6 Å². The smallest absolute Gasteiger partial charge is 0.252 e. The van der Waals surface area contributed by atoms with E-state index >= 15 is 0 Å². The molecule has 70 valence electrons. The van der Waals surface area contributed by atoms with Crippen LogP contribution in [0.4, 0.5) is 0 Å². The van der Waals surface area contributed by atoms with Crippen molar-refractivity contribution in [2.75, 3.05) is 13.2 Å². The molecule has 1 unspecified atom stereocenters. The highest BCUT2D eigenvalue weighted by Gasteiger charge is 2.50. The largest absolute Gasteiger partial charge is 0.370 e. The molecule has 12 heavy (non-hydrogen) atoms. The van der Waals surface area contributed by atoms with Gasteiger partial charge >= 0.3 is 0 Å². The van der Waals surface area contributed by atoms with Crippen molar-refractivity contribution in [2.24, 2.45) is 5.73 Å². The van der Waals surface area contributed by atoms with E-state index in [2.05, 4.69) is 0 Å². The van der Waals surface area contributed by atoms with Crippen LogP contribution in [0.2, 0.25) is 0 Å². The van der Waals surface area contributed by atoms with E-state index in [0.717, 1.165) is 0 Å². The van der Waals surface area contributed by atoms with Gasteiger partial charge in [-0.2, -0.15) is 0 Å². The molecule has 1 atom stereocenters. The van der Waals surface area contributed by atoms with Crippen LogP contribution in [0.25, 0.3) is 0 Å². The van der Waals surface area contributed by atoms with Crippen LogP contribution in [-0.2, 0) is 14.3 Å². The first-order valence-electron chi connectivity index (χ1n) is 3.98. The van der Waals surface area contributed by atoms with Crippen LogP contribution in [0.3, 0.4) is 0 Å². The Bertz CT molecular complexity index is 202. The summed E-state index contributed by atoms with van der Waals surface area (Å²) in [6.45, 7) is 6.20. The molecule has 1 aliphatic rings. The highest BCUT2D eigenvalue weighted by Crippen LogP contribution is 2.32. The first kappa shape index (κ1) is 9.48. The molecule has 0 bridgehead atoms. The van der Waals surface area contributed by atoms with Gasteiger partial charge in [0.2, 0.25) is 0 Å². The van der Waals surface area contributed by atoms with Crippen molar-refractivity contribution < 1.29 is 14.3 Å². The zero-order chi connectivity index (χ0) is 9.41. The minimum absolute atomic E-state index is 0.420. The van der Waals surface area contributed by atoms with Crippen molar-refractivity contribution in [1.29, 1.82) is 0 Å². The van der Waals surface area contributed by atoms with E-state index in [9.17, 15) is 4.79 Å². The van der Waals surface area contributed by atoms with Gasteiger partial charge in [-0.1, -0.05) is 0 Å². The third-order valence-electron chi connectivity index (χ3n) is 2.56. The molecule has 1 aliphatic heterocycles. The summed E-state index contributed by atoms with van der Waals surface area (Å²) in [6.07, 6.45) is 0. The van der Waals surface area contributed by atoms with Crippen molar-refractivity contribution in [2.45, 2.75) is 32.0 Å². The third kappa shape index (κ3) is 1.21. The van der Waals surface area contributed by atoms with Crippen LogP contribution >= 0.6 is 0 Å². The number of rotatable bonds is 1. The maximum absolute atomic E-state index is 11.1. The summed E-state index contributed by atoms with van der Waals surface area (Å²) < 4.78 is 10.8. The standard InChI is InChI=1S/C8H15NO3/c1-7(2)8(3,6(9)10)12-5-4-11-7/h4-5H2,1-3H3,(H2,9,10). The van der Waals surface area contributed by atoms with E-state index in [0.29, 0.717) is 13.2 Å². The molecular weight excluding hydrogens is 158 g/mol. The van der Waals surface area contributed by atoms with Crippen molar-refractivity contribution in [3.8, 4) is 0 Å². The highest BCUT2D eigenvalue weighted by molar-refractivity contribution is 5.84. The first-order chi connectivity index (χ1) is 5.40. The number of hydrogen-bond donors (Lipinski definition) is 1. The van der Waals surface area contributed by atoms with Crippen LogP contribution in [0, 0.1) is 0 Å². The molecule has 4 heteroatoms. The summed E-state index contributed by atoms with van der Waals surface area (Å²) in [5.74, 6) is -0.479. The van der Waals surface area contributed by atoms with E-state index < -0.39 is 17.1 Å². The van der Waals surface area contributed by atoms with E-state index in [-0.39, 0.29) is 0 Å². The zero-order valence-corrected chi connectivity index (χ0v) is 7.72. The highest BCUT2D eigenvalue weighted by atomic mass is 16.6. The van der Waals surface area contributed by atoms with Crippen molar-refractivity contribution >= 4 is 5.91 Å².